The van der Waals surface area contributed by atoms with Crippen LogP contribution in [0.25, 0.3) is 0 Å². The highest BCUT2D eigenvalue weighted by Crippen LogP contribution is 2.11. The van der Waals surface area contributed by atoms with E-state index in [1.165, 1.54) is 11.3 Å². The lowest BCUT2D eigenvalue weighted by atomic mass is 10.3. The van der Waals surface area contributed by atoms with Crippen molar-refractivity contribution in [3.05, 3.63) is 21.9 Å². The van der Waals surface area contributed by atoms with Gasteiger partial charge in [-0.3, -0.25) is 0 Å². The molecule has 1 heterocycles. The number of rotatable bonds is 1. The summed E-state index contributed by atoms with van der Waals surface area (Å²) in [6.45, 7) is 0.534. The number of thiophene rings is 1. The number of hydrogen-bond donors (Lipinski definition) is 1. The molecule has 0 radical (unpaired) electrons. The highest BCUT2D eigenvalue weighted by molar-refractivity contribution is 7.10. The van der Waals surface area contributed by atoms with Crippen LogP contribution in [0.1, 0.15) is 10.4 Å². The molecule has 1 rings (SSSR count). The Morgan fingerprint density at radius 1 is 1.78 bits per heavy atom. The number of nitriles is 1. The average Bonchev–Trinajstić information content (AvgIpc) is 2.34. The van der Waals surface area contributed by atoms with Crippen molar-refractivity contribution in [2.75, 3.05) is 0 Å². The van der Waals surface area contributed by atoms with E-state index in [0.717, 1.165) is 4.88 Å². The van der Waals surface area contributed by atoms with E-state index in [-0.39, 0.29) is 0 Å². The van der Waals surface area contributed by atoms with Crippen LogP contribution in [0.15, 0.2) is 11.4 Å². The first-order valence-electron chi connectivity index (χ1n) is 2.54. The van der Waals surface area contributed by atoms with Crippen LogP contribution >= 0.6 is 11.3 Å². The van der Waals surface area contributed by atoms with E-state index in [0.29, 0.717) is 12.1 Å². The summed E-state index contributed by atoms with van der Waals surface area (Å²) in [5.74, 6) is 0. The van der Waals surface area contributed by atoms with Gasteiger partial charge in [0.15, 0.2) is 0 Å². The molecule has 1 aromatic heterocycles. The zero-order valence-electron chi connectivity index (χ0n) is 4.79. The van der Waals surface area contributed by atoms with Crippen LogP contribution < -0.4 is 5.73 Å². The van der Waals surface area contributed by atoms with Crippen molar-refractivity contribution in [2.24, 2.45) is 5.73 Å². The Hall–Kier alpha value is -0.850. The molecule has 0 saturated heterocycles. The van der Waals surface area contributed by atoms with Gasteiger partial charge >= 0.3 is 0 Å². The van der Waals surface area contributed by atoms with Crippen LogP contribution in [0, 0.1) is 11.3 Å². The molecular formula is C6H6N2S. The molecule has 0 atom stereocenters. The third kappa shape index (κ3) is 1.28. The molecule has 46 valence electrons. The first-order valence-corrected chi connectivity index (χ1v) is 3.42. The molecule has 2 nitrogen and oxygen atoms in total. The fraction of sp³-hybridized carbons (Fsp3) is 0.167. The molecule has 2 N–H and O–H groups in total. The summed E-state index contributed by atoms with van der Waals surface area (Å²) < 4.78 is 0. The van der Waals surface area contributed by atoms with Gasteiger partial charge in [-0.25, -0.2) is 0 Å². The monoisotopic (exact) mass is 138 g/mol. The van der Waals surface area contributed by atoms with Crippen LogP contribution in [-0.4, -0.2) is 0 Å². The molecule has 3 heteroatoms. The molecular weight excluding hydrogens is 132 g/mol. The van der Waals surface area contributed by atoms with Crippen molar-refractivity contribution in [2.45, 2.75) is 6.54 Å². The van der Waals surface area contributed by atoms with E-state index < -0.39 is 0 Å². The van der Waals surface area contributed by atoms with E-state index in [9.17, 15) is 0 Å². The lowest BCUT2D eigenvalue weighted by molar-refractivity contribution is 1.11. The fourth-order valence-corrected chi connectivity index (χ4v) is 1.24. The van der Waals surface area contributed by atoms with Gasteiger partial charge in [0, 0.05) is 16.8 Å². The molecule has 0 bridgehead atoms. The van der Waals surface area contributed by atoms with E-state index in [4.69, 9.17) is 11.0 Å². The summed E-state index contributed by atoms with van der Waals surface area (Å²) in [5, 5.41) is 10.2. The quantitative estimate of drug-likeness (QED) is 0.631. The van der Waals surface area contributed by atoms with Crippen molar-refractivity contribution in [3.63, 3.8) is 0 Å². The van der Waals surface area contributed by atoms with Gasteiger partial charge in [0.2, 0.25) is 0 Å². The second-order valence-electron chi connectivity index (χ2n) is 1.62. The summed E-state index contributed by atoms with van der Waals surface area (Å²) in [6, 6.07) is 3.85. The van der Waals surface area contributed by atoms with Crippen molar-refractivity contribution >= 4 is 11.3 Å². The smallest absolute Gasteiger partial charge is 0.100 e. The third-order valence-electron chi connectivity index (χ3n) is 0.984. The summed E-state index contributed by atoms with van der Waals surface area (Å²) in [6.07, 6.45) is 0. The molecule has 0 spiro atoms. The summed E-state index contributed by atoms with van der Waals surface area (Å²) >= 11 is 1.53. The maximum Gasteiger partial charge on any atom is 0.100 e. The second kappa shape index (κ2) is 2.62. The van der Waals surface area contributed by atoms with Crippen molar-refractivity contribution in [1.82, 2.24) is 0 Å². The van der Waals surface area contributed by atoms with Gasteiger partial charge in [0.25, 0.3) is 0 Å². The molecule has 0 saturated carbocycles. The predicted molar refractivity (Wildman–Crippen MR) is 36.9 cm³/mol. The molecule has 0 fully saturated rings. The molecule has 0 amide bonds. The molecule has 0 aliphatic rings. The Morgan fingerprint density at radius 2 is 2.56 bits per heavy atom. The Morgan fingerprint density at radius 3 is 2.89 bits per heavy atom. The van der Waals surface area contributed by atoms with E-state index in [1.807, 2.05) is 17.5 Å². The fourth-order valence-electron chi connectivity index (χ4n) is 0.546. The van der Waals surface area contributed by atoms with Crippen molar-refractivity contribution < 1.29 is 0 Å². The number of nitrogens with two attached hydrogens (primary N) is 1. The average molecular weight is 138 g/mol. The minimum atomic E-state index is 0.534. The van der Waals surface area contributed by atoms with Gasteiger partial charge in [-0.1, -0.05) is 0 Å². The number of nitrogens with zero attached hydrogens (tertiary/aromatic N) is 1. The summed E-state index contributed by atoms with van der Waals surface area (Å²) in [7, 11) is 0. The van der Waals surface area contributed by atoms with Crippen LogP contribution in [0.3, 0.4) is 0 Å². The molecule has 1 aromatic rings. The molecule has 0 aliphatic heterocycles. The first-order chi connectivity index (χ1) is 4.36. The van der Waals surface area contributed by atoms with Crippen LogP contribution in [0.2, 0.25) is 0 Å². The van der Waals surface area contributed by atoms with Crippen molar-refractivity contribution in [1.29, 1.82) is 5.26 Å². The molecule has 0 aromatic carbocycles. The maximum absolute atomic E-state index is 8.36. The first kappa shape index (κ1) is 6.27. The Balaban J connectivity index is 2.90. The maximum atomic E-state index is 8.36. The zero-order valence-corrected chi connectivity index (χ0v) is 5.61. The predicted octanol–water partition coefficient (Wildman–Crippen LogP) is 1.08. The van der Waals surface area contributed by atoms with E-state index >= 15 is 0 Å². The van der Waals surface area contributed by atoms with Crippen LogP contribution in [-0.2, 0) is 6.54 Å². The molecule has 0 unspecified atom stereocenters. The van der Waals surface area contributed by atoms with Gasteiger partial charge in [-0.2, -0.15) is 5.26 Å². The third-order valence-corrected chi connectivity index (χ3v) is 1.94. The van der Waals surface area contributed by atoms with E-state index in [2.05, 4.69) is 0 Å². The Bertz CT molecular complexity index is 233. The second-order valence-corrected chi connectivity index (χ2v) is 2.61. The number of hydrogen-bond acceptors (Lipinski definition) is 3. The van der Waals surface area contributed by atoms with Crippen LogP contribution in [0.4, 0.5) is 0 Å². The highest BCUT2D eigenvalue weighted by Gasteiger charge is 1.93. The summed E-state index contributed by atoms with van der Waals surface area (Å²) in [5.41, 5.74) is 6.03. The Kier molecular flexibility index (Phi) is 1.83. The van der Waals surface area contributed by atoms with Gasteiger partial charge in [-0.15, -0.1) is 11.3 Å². The summed E-state index contributed by atoms with van der Waals surface area (Å²) in [4.78, 5) is 1.06. The van der Waals surface area contributed by atoms with Gasteiger partial charge in [-0.05, 0) is 6.07 Å². The lowest BCUT2D eigenvalue weighted by Gasteiger charge is -1.80. The molecule has 0 aliphatic carbocycles. The minimum Gasteiger partial charge on any atom is -0.326 e. The van der Waals surface area contributed by atoms with Crippen LogP contribution in [0.5, 0.6) is 0 Å². The standard InChI is InChI=1S/C6H6N2S/c7-2-5-1-6(3-8)9-4-5/h1,4H,3,8H2. The molecule has 9 heavy (non-hydrogen) atoms. The minimum absolute atomic E-state index is 0.534. The topological polar surface area (TPSA) is 49.8 Å². The lowest BCUT2D eigenvalue weighted by Crippen LogP contribution is -1.91. The highest BCUT2D eigenvalue weighted by atomic mass is 32.1. The van der Waals surface area contributed by atoms with E-state index in [1.54, 1.807) is 0 Å². The van der Waals surface area contributed by atoms with Gasteiger partial charge in [0.1, 0.15) is 6.07 Å². The zero-order chi connectivity index (χ0) is 6.69. The SMILES string of the molecule is N#Cc1csc(CN)c1. The van der Waals surface area contributed by atoms with Gasteiger partial charge in [0.05, 0.1) is 5.56 Å². The normalized spacial score (nSPS) is 8.89. The largest absolute Gasteiger partial charge is 0.326 e. The Labute approximate surface area is 57.5 Å². The van der Waals surface area contributed by atoms with Gasteiger partial charge < -0.3 is 5.73 Å². The van der Waals surface area contributed by atoms with Crippen molar-refractivity contribution in [3.8, 4) is 6.07 Å².